The van der Waals surface area contributed by atoms with Crippen LogP contribution in [0.3, 0.4) is 0 Å². The summed E-state index contributed by atoms with van der Waals surface area (Å²) in [6, 6.07) is 12.6. The second-order valence-corrected chi connectivity index (χ2v) is 7.93. The van der Waals surface area contributed by atoms with E-state index < -0.39 is 16.6 Å². The molecule has 0 radical (unpaired) electrons. The van der Waals surface area contributed by atoms with Crippen LogP contribution in [0.1, 0.15) is 12.5 Å². The maximum atomic E-state index is 14.4. The molecule has 0 aliphatic heterocycles. The molecular weight excluding hydrogens is 442 g/mol. The van der Waals surface area contributed by atoms with Gasteiger partial charge in [-0.3, -0.25) is 14.9 Å². The predicted octanol–water partition coefficient (Wildman–Crippen LogP) is 5.82. The number of carbonyl (C=O) groups is 1. The van der Waals surface area contributed by atoms with E-state index in [1.54, 1.807) is 30.3 Å². The minimum Gasteiger partial charge on any atom is -0.350 e. The van der Waals surface area contributed by atoms with Gasteiger partial charge >= 0.3 is 0 Å². The molecule has 3 aromatic rings. The zero-order chi connectivity index (χ0) is 24.8. The van der Waals surface area contributed by atoms with E-state index in [0.29, 0.717) is 29.0 Å². The van der Waals surface area contributed by atoms with Gasteiger partial charge in [0, 0.05) is 42.5 Å². The van der Waals surface area contributed by atoms with E-state index in [9.17, 15) is 23.7 Å². The van der Waals surface area contributed by atoms with Gasteiger partial charge in [-0.2, -0.15) is 0 Å². The number of carbonyl (C=O) groups excluding carboxylic acids is 1. The first-order valence-electron chi connectivity index (χ1n) is 10.4. The number of likely N-dealkylation sites (N-methyl/N-ethyl adjacent to an activating group) is 1. The van der Waals surface area contributed by atoms with Crippen molar-refractivity contribution in [2.45, 2.75) is 6.92 Å². The Balaban J connectivity index is 2.01. The quantitative estimate of drug-likeness (QED) is 0.323. The molecule has 0 heterocycles. The summed E-state index contributed by atoms with van der Waals surface area (Å²) in [7, 11) is 3.84. The molecule has 176 valence electrons. The number of benzene rings is 3. The van der Waals surface area contributed by atoms with Gasteiger partial charge < -0.3 is 15.5 Å². The molecular formula is C25H24F2N4O3. The van der Waals surface area contributed by atoms with E-state index in [4.69, 9.17) is 0 Å². The summed E-state index contributed by atoms with van der Waals surface area (Å²) in [5, 5.41) is 17.3. The van der Waals surface area contributed by atoms with E-state index in [0.717, 1.165) is 12.1 Å². The number of halogens is 2. The highest BCUT2D eigenvalue weighted by Crippen LogP contribution is 2.34. The van der Waals surface area contributed by atoms with Crippen molar-refractivity contribution in [3.63, 3.8) is 0 Å². The Morgan fingerprint density at radius 2 is 1.79 bits per heavy atom. The summed E-state index contributed by atoms with van der Waals surface area (Å²) in [4.78, 5) is 24.8. The fourth-order valence-electron chi connectivity index (χ4n) is 3.32. The van der Waals surface area contributed by atoms with E-state index >= 15 is 0 Å². The number of nitrogens with zero attached hydrogens (tertiary/aromatic N) is 2. The molecule has 0 spiro atoms. The molecule has 34 heavy (non-hydrogen) atoms. The lowest BCUT2D eigenvalue weighted by molar-refractivity contribution is -0.383. The lowest BCUT2D eigenvalue weighted by Gasteiger charge is -2.13. The second kappa shape index (κ2) is 10.7. The van der Waals surface area contributed by atoms with Gasteiger partial charge in [0.15, 0.2) is 0 Å². The molecule has 0 unspecified atom stereocenters. The highest BCUT2D eigenvalue weighted by molar-refractivity contribution is 5.91. The van der Waals surface area contributed by atoms with Crippen LogP contribution in [-0.4, -0.2) is 36.4 Å². The average molecular weight is 466 g/mol. The summed E-state index contributed by atoms with van der Waals surface area (Å²) in [6.07, 6.45) is 3.69. The van der Waals surface area contributed by atoms with Gasteiger partial charge in [0.05, 0.1) is 4.92 Å². The SMILES string of the molecule is CC(=O)Nc1cc(Nc2ccc(/C=C/CN(C)C)cc2[N+](=O)[O-])cc(-c2ccc(F)cc2F)c1. The minimum atomic E-state index is -0.772. The van der Waals surface area contributed by atoms with Crippen LogP contribution in [-0.2, 0) is 4.79 Å². The summed E-state index contributed by atoms with van der Waals surface area (Å²) >= 11 is 0. The fourth-order valence-corrected chi connectivity index (χ4v) is 3.32. The van der Waals surface area contributed by atoms with Crippen LogP contribution in [0, 0.1) is 21.7 Å². The maximum Gasteiger partial charge on any atom is 0.293 e. The number of anilines is 3. The standard InChI is InChI=1S/C25H24F2N4O3/c1-16(32)28-20-12-18(22-8-7-19(26)14-23(22)27)13-21(15-20)29-24-9-6-17(5-4-10-30(2)3)11-25(24)31(33)34/h4-9,11-15,29H,10H2,1-3H3,(H,28,32)/b5-4+. The molecule has 0 aliphatic carbocycles. The van der Waals surface area contributed by atoms with Crippen LogP contribution >= 0.6 is 0 Å². The molecule has 3 rings (SSSR count). The number of amides is 1. The predicted molar refractivity (Wildman–Crippen MR) is 130 cm³/mol. The van der Waals surface area contributed by atoms with E-state index in [1.807, 2.05) is 25.1 Å². The van der Waals surface area contributed by atoms with E-state index in [2.05, 4.69) is 10.6 Å². The molecule has 9 heteroatoms. The molecule has 3 aromatic carbocycles. The third-order valence-corrected chi connectivity index (χ3v) is 4.77. The lowest BCUT2D eigenvalue weighted by Crippen LogP contribution is -2.10. The van der Waals surface area contributed by atoms with E-state index in [-0.39, 0.29) is 22.8 Å². The molecule has 0 fully saturated rings. The Bertz CT molecular complexity index is 1260. The van der Waals surface area contributed by atoms with Crippen molar-refractivity contribution < 1.29 is 18.5 Å². The van der Waals surface area contributed by atoms with Crippen molar-refractivity contribution in [1.29, 1.82) is 0 Å². The molecule has 0 aliphatic rings. The smallest absolute Gasteiger partial charge is 0.293 e. The Morgan fingerprint density at radius 1 is 1.06 bits per heavy atom. The van der Waals surface area contributed by atoms with Crippen LogP contribution in [0.15, 0.2) is 60.7 Å². The monoisotopic (exact) mass is 466 g/mol. The lowest BCUT2D eigenvalue weighted by atomic mass is 10.0. The number of nitrogens with one attached hydrogen (secondary N) is 2. The molecule has 0 bridgehead atoms. The first-order chi connectivity index (χ1) is 16.1. The number of nitro benzene ring substituents is 1. The van der Waals surface area contributed by atoms with Crippen molar-refractivity contribution in [3.05, 3.63) is 88.0 Å². The average Bonchev–Trinajstić information content (AvgIpc) is 2.73. The van der Waals surface area contributed by atoms with Crippen LogP contribution < -0.4 is 10.6 Å². The molecule has 1 amide bonds. The molecule has 7 nitrogen and oxygen atoms in total. The number of hydrogen-bond donors (Lipinski definition) is 2. The van der Waals surface area contributed by atoms with Gasteiger partial charge in [-0.15, -0.1) is 0 Å². The van der Waals surface area contributed by atoms with Gasteiger partial charge in [0.1, 0.15) is 17.3 Å². The summed E-state index contributed by atoms with van der Waals surface area (Å²) < 4.78 is 27.8. The topological polar surface area (TPSA) is 87.5 Å². The summed E-state index contributed by atoms with van der Waals surface area (Å²) in [5.74, 6) is -1.83. The molecule has 0 saturated carbocycles. The summed E-state index contributed by atoms with van der Waals surface area (Å²) in [6.45, 7) is 2.01. The second-order valence-electron chi connectivity index (χ2n) is 7.93. The van der Waals surface area contributed by atoms with E-state index in [1.165, 1.54) is 25.1 Å². The maximum absolute atomic E-state index is 14.4. The number of nitro groups is 1. The first-order valence-corrected chi connectivity index (χ1v) is 10.4. The zero-order valence-corrected chi connectivity index (χ0v) is 18.9. The third-order valence-electron chi connectivity index (χ3n) is 4.77. The Morgan fingerprint density at radius 3 is 2.44 bits per heavy atom. The van der Waals surface area contributed by atoms with Gasteiger partial charge in [0.2, 0.25) is 5.91 Å². The minimum absolute atomic E-state index is 0.118. The highest BCUT2D eigenvalue weighted by atomic mass is 19.1. The van der Waals surface area contributed by atoms with Crippen LogP contribution in [0.5, 0.6) is 0 Å². The highest BCUT2D eigenvalue weighted by Gasteiger charge is 2.16. The molecule has 0 saturated heterocycles. The Kier molecular flexibility index (Phi) is 7.70. The molecule has 2 N–H and O–H groups in total. The molecule has 0 atom stereocenters. The van der Waals surface area contributed by atoms with Crippen molar-refractivity contribution >= 4 is 34.7 Å². The number of hydrogen-bond acceptors (Lipinski definition) is 5. The van der Waals surface area contributed by atoms with Gasteiger partial charge in [-0.05, 0) is 61.6 Å². The largest absolute Gasteiger partial charge is 0.350 e. The van der Waals surface area contributed by atoms with Crippen molar-refractivity contribution in [3.8, 4) is 11.1 Å². The van der Waals surface area contributed by atoms with Crippen molar-refractivity contribution in [1.82, 2.24) is 4.90 Å². The zero-order valence-electron chi connectivity index (χ0n) is 18.9. The van der Waals surface area contributed by atoms with Crippen LogP contribution in [0.25, 0.3) is 17.2 Å². The van der Waals surface area contributed by atoms with Crippen LogP contribution in [0.2, 0.25) is 0 Å². The van der Waals surface area contributed by atoms with Crippen LogP contribution in [0.4, 0.5) is 31.5 Å². The number of rotatable bonds is 8. The fraction of sp³-hybridized carbons (Fsp3) is 0.160. The first kappa shape index (κ1) is 24.5. The normalized spacial score (nSPS) is 11.1. The van der Waals surface area contributed by atoms with Gasteiger partial charge in [-0.25, -0.2) is 8.78 Å². The van der Waals surface area contributed by atoms with Crippen molar-refractivity contribution in [2.24, 2.45) is 0 Å². The Hall–Kier alpha value is -4.11. The Labute approximate surface area is 195 Å². The van der Waals surface area contributed by atoms with Crippen molar-refractivity contribution in [2.75, 3.05) is 31.3 Å². The molecule has 0 aromatic heterocycles. The third kappa shape index (κ3) is 6.46. The summed E-state index contributed by atoms with van der Waals surface area (Å²) in [5.41, 5.74) is 1.95. The van der Waals surface area contributed by atoms with Gasteiger partial charge in [-0.1, -0.05) is 18.2 Å². The van der Waals surface area contributed by atoms with Gasteiger partial charge in [0.25, 0.3) is 5.69 Å².